The van der Waals surface area contributed by atoms with E-state index in [0.29, 0.717) is 24.2 Å². The van der Waals surface area contributed by atoms with Gasteiger partial charge in [-0.25, -0.2) is 9.99 Å². The van der Waals surface area contributed by atoms with Crippen molar-refractivity contribution in [2.24, 2.45) is 16.9 Å². The third-order valence-electron chi connectivity index (χ3n) is 6.58. The number of unbranched alkanes of at least 4 members (excludes halogenated alkanes) is 3. The van der Waals surface area contributed by atoms with Crippen LogP contribution in [0.15, 0.2) is 47.6 Å². The molecule has 1 aromatic heterocycles. The first-order valence-corrected chi connectivity index (χ1v) is 13.6. The van der Waals surface area contributed by atoms with E-state index in [-0.39, 0.29) is 23.6 Å². The van der Waals surface area contributed by atoms with E-state index in [4.69, 9.17) is 9.72 Å². The van der Waals surface area contributed by atoms with Crippen LogP contribution in [0, 0.1) is 11.8 Å². The van der Waals surface area contributed by atoms with E-state index in [1.54, 1.807) is 29.7 Å². The average molecular weight is 508 g/mol. The fourth-order valence-electron chi connectivity index (χ4n) is 4.38. The Bertz CT molecular complexity index is 1170. The number of thiazole rings is 1. The zero-order valence-corrected chi connectivity index (χ0v) is 21.5. The molecule has 7 nitrogen and oxygen atoms in total. The zero-order chi connectivity index (χ0) is 25.3. The molecule has 1 aliphatic rings. The summed E-state index contributed by atoms with van der Waals surface area (Å²) in [6, 6.07) is 12.7. The van der Waals surface area contributed by atoms with Gasteiger partial charge in [-0.3, -0.25) is 4.79 Å². The number of fused-ring (bicyclic) bond motifs is 1. The minimum absolute atomic E-state index is 0.0471. The smallest absolute Gasteiger partial charge is 0.314 e. The number of esters is 1. The van der Waals surface area contributed by atoms with Gasteiger partial charge in [0.2, 0.25) is 5.13 Å². The molecule has 3 aromatic rings. The van der Waals surface area contributed by atoms with Crippen molar-refractivity contribution in [3.63, 3.8) is 0 Å². The van der Waals surface area contributed by atoms with Crippen molar-refractivity contribution in [2.45, 2.75) is 58.3 Å². The number of aromatic hydroxyl groups is 1. The van der Waals surface area contributed by atoms with Gasteiger partial charge in [-0.1, -0.05) is 49.7 Å². The first-order valence-electron chi connectivity index (χ1n) is 12.7. The van der Waals surface area contributed by atoms with Crippen LogP contribution >= 0.6 is 11.3 Å². The molecule has 36 heavy (non-hydrogen) atoms. The summed E-state index contributed by atoms with van der Waals surface area (Å²) in [4.78, 5) is 28.4. The molecule has 2 aromatic carbocycles. The Morgan fingerprint density at radius 1 is 1.17 bits per heavy atom. The highest BCUT2D eigenvalue weighted by Gasteiger charge is 2.27. The van der Waals surface area contributed by atoms with E-state index in [2.05, 4.69) is 12.0 Å². The number of aromatic nitrogens is 1. The number of carbonyl (C=O) groups is 2. The Morgan fingerprint density at radius 2 is 1.97 bits per heavy atom. The fraction of sp³-hybridized carbons (Fsp3) is 0.429. The third-order valence-corrected chi connectivity index (χ3v) is 7.63. The first-order chi connectivity index (χ1) is 17.6. The van der Waals surface area contributed by atoms with Crippen molar-refractivity contribution < 1.29 is 19.4 Å². The minimum atomic E-state index is -0.292. The van der Waals surface area contributed by atoms with Crippen LogP contribution < -0.4 is 9.75 Å². The maximum Gasteiger partial charge on any atom is 0.314 e. The van der Waals surface area contributed by atoms with Gasteiger partial charge in [0.15, 0.2) is 0 Å². The number of hydrogen-bond donors (Lipinski definition) is 1. The van der Waals surface area contributed by atoms with Gasteiger partial charge in [0.05, 0.1) is 22.3 Å². The summed E-state index contributed by atoms with van der Waals surface area (Å²) in [6.07, 6.45) is 9.74. The number of anilines is 1. The Balaban J connectivity index is 1.48. The van der Waals surface area contributed by atoms with E-state index in [1.807, 2.05) is 29.3 Å². The number of phenols is 1. The van der Waals surface area contributed by atoms with Gasteiger partial charge in [-0.15, -0.1) is 0 Å². The monoisotopic (exact) mass is 507 g/mol. The van der Waals surface area contributed by atoms with Gasteiger partial charge in [0.1, 0.15) is 17.8 Å². The van der Waals surface area contributed by atoms with Crippen molar-refractivity contribution in [1.82, 2.24) is 4.98 Å². The van der Waals surface area contributed by atoms with E-state index >= 15 is 0 Å². The highest BCUT2D eigenvalue weighted by Crippen LogP contribution is 2.31. The molecule has 0 atom stereocenters. The van der Waals surface area contributed by atoms with E-state index in [0.717, 1.165) is 60.3 Å². The van der Waals surface area contributed by atoms with Crippen molar-refractivity contribution in [2.75, 3.05) is 11.6 Å². The number of hydrogen-bond acceptors (Lipinski definition) is 8. The Hall–Kier alpha value is -3.26. The molecular formula is C28H33N3O4S. The normalized spacial score (nSPS) is 17.9. The second-order valence-corrected chi connectivity index (χ2v) is 10.3. The third kappa shape index (κ3) is 6.69. The van der Waals surface area contributed by atoms with Crippen molar-refractivity contribution in [3.8, 4) is 11.5 Å². The first kappa shape index (κ1) is 25.8. The number of aldehydes is 1. The molecule has 8 heteroatoms. The van der Waals surface area contributed by atoms with Gasteiger partial charge in [0, 0.05) is 18.0 Å². The molecule has 1 heterocycles. The molecular weight excluding hydrogens is 474 g/mol. The van der Waals surface area contributed by atoms with Gasteiger partial charge in [-0.2, -0.15) is 5.10 Å². The van der Waals surface area contributed by atoms with Crippen molar-refractivity contribution in [1.29, 1.82) is 0 Å². The predicted octanol–water partition coefficient (Wildman–Crippen LogP) is 6.33. The fourth-order valence-corrected chi connectivity index (χ4v) is 5.33. The molecule has 1 aliphatic carbocycles. The molecule has 0 radical (unpaired) electrons. The lowest BCUT2D eigenvalue weighted by Crippen LogP contribution is -2.26. The predicted molar refractivity (Wildman–Crippen MR) is 144 cm³/mol. The maximum absolute atomic E-state index is 12.6. The number of ether oxygens (including phenoxy) is 1. The molecule has 1 saturated carbocycles. The number of benzene rings is 2. The van der Waals surface area contributed by atoms with Gasteiger partial charge in [-0.05, 0) is 62.4 Å². The zero-order valence-electron chi connectivity index (χ0n) is 20.6. The van der Waals surface area contributed by atoms with Crippen molar-refractivity contribution in [3.05, 3.63) is 48.0 Å². The van der Waals surface area contributed by atoms with Crippen LogP contribution in [0.3, 0.4) is 0 Å². The van der Waals surface area contributed by atoms with Crippen LogP contribution in [0.4, 0.5) is 5.13 Å². The molecule has 190 valence electrons. The number of para-hydroxylation sites is 1. The Labute approximate surface area is 215 Å². The molecule has 4 rings (SSSR count). The lowest BCUT2D eigenvalue weighted by atomic mass is 9.83. The molecule has 0 bridgehead atoms. The second kappa shape index (κ2) is 12.6. The molecule has 0 unspecified atom stereocenters. The summed E-state index contributed by atoms with van der Waals surface area (Å²) in [5.74, 6) is -0.0258. The van der Waals surface area contributed by atoms with E-state index < -0.39 is 0 Å². The number of nitrogens with zero attached hydrogens (tertiary/aromatic N) is 3. The largest absolute Gasteiger partial charge is 0.507 e. The number of carbonyl (C=O) groups excluding carboxylic acids is 2. The molecule has 0 aliphatic heterocycles. The second-order valence-electron chi connectivity index (χ2n) is 9.28. The molecule has 0 saturated heterocycles. The lowest BCUT2D eigenvalue weighted by Gasteiger charge is -2.23. The average Bonchev–Trinajstić information content (AvgIpc) is 3.34. The number of hydrazone groups is 1. The summed E-state index contributed by atoms with van der Waals surface area (Å²) in [5.41, 5.74) is 1.40. The summed E-state index contributed by atoms with van der Waals surface area (Å²) in [5, 5.41) is 17.8. The van der Waals surface area contributed by atoms with Gasteiger partial charge >= 0.3 is 5.97 Å². The van der Waals surface area contributed by atoms with E-state index in [1.165, 1.54) is 12.5 Å². The minimum Gasteiger partial charge on any atom is -0.507 e. The standard InChI is InChI=1S/C28H33N3O4S/c1-2-3-4-7-16-31(28-30-24-8-5-6-9-26(24)36-28)29-18-22-17-23(14-15-25(22)33)35-27(34)21-12-10-20(19-32)11-13-21/h5-6,8-9,14-15,17-21,33H,2-4,7,10-13,16H2,1H3/b29-18+. The highest BCUT2D eigenvalue weighted by atomic mass is 32.1. The topological polar surface area (TPSA) is 92.1 Å². The van der Waals surface area contributed by atoms with Crippen molar-refractivity contribution >= 4 is 45.2 Å². The summed E-state index contributed by atoms with van der Waals surface area (Å²) in [7, 11) is 0. The highest BCUT2D eigenvalue weighted by molar-refractivity contribution is 7.22. The summed E-state index contributed by atoms with van der Waals surface area (Å²) < 4.78 is 6.72. The van der Waals surface area contributed by atoms with Gasteiger partial charge in [0.25, 0.3) is 0 Å². The quantitative estimate of drug-likeness (QED) is 0.0814. The molecule has 0 spiro atoms. The molecule has 0 amide bonds. The SMILES string of the molecule is CCCCCCN(/N=C/c1cc(OC(=O)C2CCC(C=O)CC2)ccc1O)c1nc2ccccc2s1. The maximum atomic E-state index is 12.6. The van der Waals surface area contributed by atoms with Crippen LogP contribution in [0.1, 0.15) is 63.9 Å². The summed E-state index contributed by atoms with van der Waals surface area (Å²) >= 11 is 1.59. The van der Waals surface area contributed by atoms with Crippen LogP contribution in [0.5, 0.6) is 11.5 Å². The van der Waals surface area contributed by atoms with E-state index in [9.17, 15) is 14.7 Å². The summed E-state index contributed by atoms with van der Waals surface area (Å²) in [6.45, 7) is 2.90. The molecule has 1 N–H and O–H groups in total. The number of phenolic OH excluding ortho intramolecular Hbond substituents is 1. The van der Waals surface area contributed by atoms with Crippen LogP contribution in [-0.4, -0.2) is 35.1 Å². The van der Waals surface area contributed by atoms with Crippen LogP contribution in [0.2, 0.25) is 0 Å². The number of rotatable bonds is 11. The Kier molecular flexibility index (Phi) is 9.06. The van der Waals surface area contributed by atoms with Crippen LogP contribution in [-0.2, 0) is 9.59 Å². The van der Waals surface area contributed by atoms with Crippen LogP contribution in [0.25, 0.3) is 10.2 Å². The van der Waals surface area contributed by atoms with Gasteiger partial charge < -0.3 is 14.6 Å². The molecule has 1 fully saturated rings. The Morgan fingerprint density at radius 3 is 2.72 bits per heavy atom. The lowest BCUT2D eigenvalue weighted by molar-refractivity contribution is -0.140.